The highest BCUT2D eigenvalue weighted by molar-refractivity contribution is 5.99. The number of hydrogen-bond donors (Lipinski definition) is 1. The third-order valence-corrected chi connectivity index (χ3v) is 4.11. The zero-order valence-corrected chi connectivity index (χ0v) is 16.8. The summed E-state index contributed by atoms with van der Waals surface area (Å²) in [5, 5.41) is 2.72. The van der Waals surface area contributed by atoms with Crippen LogP contribution in [-0.2, 0) is 26.9 Å². The van der Waals surface area contributed by atoms with Gasteiger partial charge in [0.25, 0.3) is 0 Å². The van der Waals surface area contributed by atoms with Crippen molar-refractivity contribution in [3.8, 4) is 0 Å². The van der Waals surface area contributed by atoms with Crippen molar-refractivity contribution >= 4 is 23.3 Å². The van der Waals surface area contributed by atoms with E-state index in [0.717, 1.165) is 12.1 Å². The van der Waals surface area contributed by atoms with Crippen LogP contribution in [0.4, 0.5) is 18.9 Å². The van der Waals surface area contributed by atoms with Crippen LogP contribution in [0.3, 0.4) is 0 Å². The summed E-state index contributed by atoms with van der Waals surface area (Å²) in [7, 11) is 0. The third kappa shape index (κ3) is 6.72. The Labute approximate surface area is 172 Å². The van der Waals surface area contributed by atoms with Gasteiger partial charge in [0.15, 0.2) is 12.4 Å². The van der Waals surface area contributed by atoms with Crippen LogP contribution < -0.4 is 5.32 Å². The van der Waals surface area contributed by atoms with Crippen molar-refractivity contribution in [3.63, 3.8) is 0 Å². The summed E-state index contributed by atoms with van der Waals surface area (Å²) in [6.07, 6.45) is -4.89. The largest absolute Gasteiger partial charge is 0.457 e. The molecule has 1 amide bonds. The zero-order valence-electron chi connectivity index (χ0n) is 16.8. The minimum absolute atomic E-state index is 0.140. The number of alkyl halides is 3. The zero-order chi connectivity index (χ0) is 22.5. The summed E-state index contributed by atoms with van der Waals surface area (Å²) >= 11 is 0. The molecule has 0 bridgehead atoms. The topological polar surface area (TPSA) is 72.5 Å². The number of halogens is 3. The number of ketones is 1. The number of carbonyl (C=O) groups excluding carboxylic acids is 3. The van der Waals surface area contributed by atoms with Crippen molar-refractivity contribution in [3.05, 3.63) is 65.2 Å². The van der Waals surface area contributed by atoms with E-state index in [1.165, 1.54) is 24.3 Å². The number of rotatable bonds is 6. The van der Waals surface area contributed by atoms with Crippen LogP contribution in [-0.4, -0.2) is 24.3 Å². The number of anilines is 1. The molecule has 0 aromatic heterocycles. The van der Waals surface area contributed by atoms with Crippen LogP contribution in [0.25, 0.3) is 0 Å². The van der Waals surface area contributed by atoms with Gasteiger partial charge in [0.05, 0.1) is 12.0 Å². The maximum atomic E-state index is 12.7. The summed E-state index contributed by atoms with van der Waals surface area (Å²) < 4.78 is 43.0. The van der Waals surface area contributed by atoms with Crippen LogP contribution in [0, 0.1) is 5.41 Å². The molecule has 0 saturated heterocycles. The first kappa shape index (κ1) is 23.1. The van der Waals surface area contributed by atoms with Gasteiger partial charge in [-0.1, -0.05) is 39.0 Å². The number of carbonyl (C=O) groups is 3. The molecule has 0 atom stereocenters. The summed E-state index contributed by atoms with van der Waals surface area (Å²) in [5.74, 6) is -1.46. The van der Waals surface area contributed by atoms with Crippen molar-refractivity contribution in [1.29, 1.82) is 0 Å². The molecule has 0 aliphatic rings. The number of benzene rings is 2. The molecule has 0 fully saturated rings. The number of esters is 1. The predicted molar refractivity (Wildman–Crippen MR) is 105 cm³/mol. The molecular weight excluding hydrogens is 399 g/mol. The predicted octanol–water partition coefficient (Wildman–Crippen LogP) is 4.66. The molecule has 2 aromatic rings. The Balaban J connectivity index is 1.89. The summed E-state index contributed by atoms with van der Waals surface area (Å²) in [6.45, 7) is 4.78. The van der Waals surface area contributed by atoms with Crippen LogP contribution in [0.5, 0.6) is 0 Å². The van der Waals surface area contributed by atoms with E-state index in [-0.39, 0.29) is 23.5 Å². The van der Waals surface area contributed by atoms with E-state index in [4.69, 9.17) is 4.74 Å². The van der Waals surface area contributed by atoms with E-state index in [1.54, 1.807) is 32.9 Å². The second kappa shape index (κ2) is 9.11. The van der Waals surface area contributed by atoms with E-state index in [1.807, 2.05) is 0 Å². The normalized spacial score (nSPS) is 11.7. The van der Waals surface area contributed by atoms with E-state index >= 15 is 0 Å². The van der Waals surface area contributed by atoms with Gasteiger partial charge in [0.2, 0.25) is 5.91 Å². The van der Waals surface area contributed by atoms with Gasteiger partial charge in [0.1, 0.15) is 0 Å². The third-order valence-electron chi connectivity index (χ3n) is 4.11. The fourth-order valence-corrected chi connectivity index (χ4v) is 2.36. The van der Waals surface area contributed by atoms with Gasteiger partial charge in [-0.2, -0.15) is 13.2 Å². The molecule has 1 N–H and O–H groups in total. The Bertz CT molecular complexity index is 929. The lowest BCUT2D eigenvalue weighted by atomic mass is 9.95. The minimum atomic E-state index is -4.51. The molecule has 5 nitrogen and oxygen atoms in total. The molecule has 0 aliphatic heterocycles. The SMILES string of the molecule is CC(C)(C)C(=O)Nc1ccc(C(=O)COC(=O)Cc2cccc(C(F)(F)F)c2)cc1. The van der Waals surface area contributed by atoms with Gasteiger partial charge in [-0.05, 0) is 35.9 Å². The Morgan fingerprint density at radius 3 is 2.17 bits per heavy atom. The molecule has 2 rings (SSSR count). The quantitative estimate of drug-likeness (QED) is 0.544. The van der Waals surface area contributed by atoms with E-state index < -0.39 is 35.5 Å². The molecule has 0 spiro atoms. The fourth-order valence-electron chi connectivity index (χ4n) is 2.36. The first-order chi connectivity index (χ1) is 13.9. The van der Waals surface area contributed by atoms with E-state index in [2.05, 4.69) is 5.32 Å². The van der Waals surface area contributed by atoms with Crippen LogP contribution in [0.2, 0.25) is 0 Å². The van der Waals surface area contributed by atoms with Crippen LogP contribution in [0.1, 0.15) is 42.3 Å². The smallest absolute Gasteiger partial charge is 0.416 e. The Hall–Kier alpha value is -3.16. The Kier molecular flexibility index (Phi) is 7.02. The molecule has 8 heteroatoms. The molecule has 0 unspecified atom stereocenters. The second-order valence-corrected chi connectivity index (χ2v) is 7.74. The van der Waals surface area contributed by atoms with Gasteiger partial charge in [0, 0.05) is 16.7 Å². The van der Waals surface area contributed by atoms with Gasteiger partial charge in [-0.15, -0.1) is 0 Å². The highest BCUT2D eigenvalue weighted by atomic mass is 19.4. The molecule has 0 aliphatic carbocycles. The lowest BCUT2D eigenvalue weighted by Gasteiger charge is -2.17. The van der Waals surface area contributed by atoms with E-state index in [0.29, 0.717) is 5.69 Å². The molecule has 30 heavy (non-hydrogen) atoms. The fraction of sp³-hybridized carbons (Fsp3) is 0.318. The van der Waals surface area contributed by atoms with Gasteiger partial charge < -0.3 is 10.1 Å². The molecule has 0 saturated carbocycles. The number of ether oxygens (including phenoxy) is 1. The maximum Gasteiger partial charge on any atom is 0.416 e. The summed E-state index contributed by atoms with van der Waals surface area (Å²) in [5.41, 5.74) is -0.491. The molecule has 2 aromatic carbocycles. The average molecular weight is 421 g/mol. The lowest BCUT2D eigenvalue weighted by Crippen LogP contribution is -2.27. The number of nitrogens with one attached hydrogen (secondary N) is 1. The van der Waals surface area contributed by atoms with Crippen molar-refractivity contribution in [2.24, 2.45) is 5.41 Å². The van der Waals surface area contributed by atoms with Crippen LogP contribution >= 0.6 is 0 Å². The Morgan fingerprint density at radius 2 is 1.60 bits per heavy atom. The first-order valence-corrected chi connectivity index (χ1v) is 9.13. The monoisotopic (exact) mass is 421 g/mol. The van der Waals surface area contributed by atoms with Crippen molar-refractivity contribution in [2.45, 2.75) is 33.4 Å². The lowest BCUT2D eigenvalue weighted by molar-refractivity contribution is -0.142. The van der Waals surface area contributed by atoms with Crippen molar-refractivity contribution in [1.82, 2.24) is 0 Å². The Morgan fingerprint density at radius 1 is 0.967 bits per heavy atom. The van der Waals surface area contributed by atoms with Crippen molar-refractivity contribution < 1.29 is 32.3 Å². The van der Waals surface area contributed by atoms with Gasteiger partial charge in [-0.25, -0.2) is 0 Å². The van der Waals surface area contributed by atoms with Crippen molar-refractivity contribution in [2.75, 3.05) is 11.9 Å². The average Bonchev–Trinajstić information content (AvgIpc) is 2.65. The highest BCUT2D eigenvalue weighted by Crippen LogP contribution is 2.29. The number of hydrogen-bond acceptors (Lipinski definition) is 4. The van der Waals surface area contributed by atoms with Crippen LogP contribution in [0.15, 0.2) is 48.5 Å². The minimum Gasteiger partial charge on any atom is -0.457 e. The number of amides is 1. The van der Waals surface area contributed by atoms with Gasteiger partial charge in [-0.3, -0.25) is 14.4 Å². The summed E-state index contributed by atoms with van der Waals surface area (Å²) in [4.78, 5) is 36.0. The first-order valence-electron chi connectivity index (χ1n) is 9.13. The molecule has 160 valence electrons. The standard InChI is InChI=1S/C22H22F3NO4/c1-21(2,3)20(29)26-17-9-7-15(8-10-17)18(27)13-30-19(28)12-14-5-4-6-16(11-14)22(23,24)25/h4-11H,12-13H2,1-3H3,(H,26,29). The summed E-state index contributed by atoms with van der Waals surface area (Å²) in [6, 6.07) is 10.4. The molecular formula is C22H22F3NO4. The second-order valence-electron chi connectivity index (χ2n) is 7.74. The van der Waals surface area contributed by atoms with E-state index in [9.17, 15) is 27.6 Å². The molecule has 0 radical (unpaired) electrons. The maximum absolute atomic E-state index is 12.7. The van der Waals surface area contributed by atoms with Gasteiger partial charge >= 0.3 is 12.1 Å². The number of Topliss-reactive ketones (excluding diaryl/α,β-unsaturated/α-hetero) is 1. The molecule has 0 heterocycles. The highest BCUT2D eigenvalue weighted by Gasteiger charge is 2.30.